The number of benzene rings is 1. The maximum absolute atomic E-state index is 12.8. The molecule has 2 amide bonds. The Labute approximate surface area is 184 Å². The van der Waals surface area contributed by atoms with E-state index in [0.717, 1.165) is 43.4 Å². The van der Waals surface area contributed by atoms with Gasteiger partial charge < -0.3 is 15.8 Å². The molecule has 0 radical (unpaired) electrons. The van der Waals surface area contributed by atoms with E-state index in [0.29, 0.717) is 31.8 Å². The molecule has 4 aliphatic rings. The lowest BCUT2D eigenvalue weighted by Gasteiger charge is -2.39. The van der Waals surface area contributed by atoms with Crippen LogP contribution in [-0.4, -0.2) is 40.4 Å². The molecule has 0 saturated heterocycles. The monoisotopic (exact) mass is 426 g/mol. The van der Waals surface area contributed by atoms with Crippen molar-refractivity contribution in [2.24, 2.45) is 10.7 Å². The van der Waals surface area contributed by atoms with Crippen LogP contribution in [0.25, 0.3) is 0 Å². The Morgan fingerprint density at radius 3 is 2.81 bits per heavy atom. The van der Waals surface area contributed by atoms with Gasteiger partial charge in [0.2, 0.25) is 11.8 Å². The van der Waals surface area contributed by atoms with E-state index in [1.807, 2.05) is 6.07 Å². The standard InChI is InChI=1S/C24H34N4O3/c1-4-24-11-5-7-16-9-10-19-17(13-16)18(14-23(2,3)31-19)26-20(29)8-6-12-28(21(30)15-24)22(25)27-24/h9-10,13,18H,4-8,11-12,14-15H2,1-3H3,(H2,25,27)(H,26,29)/t18-,24+/m0/s1. The smallest absolute Gasteiger partial charge is 0.231 e. The molecule has 31 heavy (non-hydrogen) atoms. The number of hydrogen-bond acceptors (Lipinski definition) is 5. The highest BCUT2D eigenvalue weighted by Crippen LogP contribution is 2.40. The predicted molar refractivity (Wildman–Crippen MR) is 120 cm³/mol. The molecule has 7 nitrogen and oxygen atoms in total. The Hall–Kier alpha value is -2.57. The highest BCUT2D eigenvalue weighted by atomic mass is 16.5. The van der Waals surface area contributed by atoms with Gasteiger partial charge >= 0.3 is 0 Å². The molecule has 0 aromatic heterocycles. The number of carbonyl (C=O) groups excluding carboxylic acids is 2. The van der Waals surface area contributed by atoms with Gasteiger partial charge in [-0.15, -0.1) is 0 Å². The molecule has 3 N–H and O–H groups in total. The van der Waals surface area contributed by atoms with Crippen molar-refractivity contribution in [3.63, 3.8) is 0 Å². The predicted octanol–water partition coefficient (Wildman–Crippen LogP) is 3.22. The minimum atomic E-state index is -0.421. The summed E-state index contributed by atoms with van der Waals surface area (Å²) in [4.78, 5) is 31.9. The number of nitrogens with two attached hydrogens (primary N) is 1. The normalized spacial score (nSPS) is 28.5. The number of rotatable bonds is 1. The van der Waals surface area contributed by atoms with E-state index in [2.05, 4.69) is 38.2 Å². The van der Waals surface area contributed by atoms with Crippen LogP contribution in [0.5, 0.6) is 5.75 Å². The summed E-state index contributed by atoms with van der Waals surface area (Å²) in [5.41, 5.74) is 7.70. The molecular weight excluding hydrogens is 392 g/mol. The molecule has 4 heterocycles. The molecular formula is C24H34N4O3. The first kappa shape index (κ1) is 21.7. The molecule has 7 heteroatoms. The number of nitrogens with zero attached hydrogens (tertiary/aromatic N) is 2. The summed E-state index contributed by atoms with van der Waals surface area (Å²) in [5, 5.41) is 3.20. The zero-order valence-corrected chi connectivity index (χ0v) is 18.9. The highest BCUT2D eigenvalue weighted by Gasteiger charge is 2.38. The number of fused-ring (bicyclic) bond motifs is 7. The number of aliphatic imine (C=N–C) groups is 1. The number of ether oxygens (including phenoxy) is 1. The molecule has 2 atom stereocenters. The van der Waals surface area contributed by atoms with Crippen molar-refractivity contribution >= 4 is 17.8 Å². The van der Waals surface area contributed by atoms with Gasteiger partial charge in [0, 0.05) is 24.9 Å². The van der Waals surface area contributed by atoms with Gasteiger partial charge in [-0.05, 0) is 57.6 Å². The maximum atomic E-state index is 12.8. The van der Waals surface area contributed by atoms with Gasteiger partial charge in [-0.1, -0.05) is 19.1 Å². The minimum absolute atomic E-state index is 0.0136. The Balaban J connectivity index is 1.65. The van der Waals surface area contributed by atoms with E-state index in [1.165, 1.54) is 5.56 Å². The molecule has 168 valence electrons. The first-order valence-corrected chi connectivity index (χ1v) is 11.5. The summed E-state index contributed by atoms with van der Waals surface area (Å²) in [6, 6.07) is 6.23. The Bertz CT molecular complexity index is 910. The second-order valence-corrected chi connectivity index (χ2v) is 9.79. The zero-order chi connectivity index (χ0) is 22.2. The van der Waals surface area contributed by atoms with E-state index in [9.17, 15) is 9.59 Å². The van der Waals surface area contributed by atoms with Crippen molar-refractivity contribution in [3.8, 4) is 5.75 Å². The first-order chi connectivity index (χ1) is 14.7. The molecule has 5 rings (SSSR count). The summed E-state index contributed by atoms with van der Waals surface area (Å²) >= 11 is 0. The van der Waals surface area contributed by atoms with Gasteiger partial charge in [0.25, 0.3) is 0 Å². The average Bonchev–Trinajstić information content (AvgIpc) is 2.69. The van der Waals surface area contributed by atoms with Gasteiger partial charge in [-0.25, -0.2) is 4.99 Å². The third kappa shape index (κ3) is 4.55. The Kier molecular flexibility index (Phi) is 5.71. The van der Waals surface area contributed by atoms with Gasteiger partial charge in [0.05, 0.1) is 18.0 Å². The average molecular weight is 427 g/mol. The Morgan fingerprint density at radius 1 is 1.26 bits per heavy atom. The summed E-state index contributed by atoms with van der Waals surface area (Å²) in [5.74, 6) is 1.14. The topological polar surface area (TPSA) is 97.0 Å². The second kappa shape index (κ2) is 8.17. The van der Waals surface area contributed by atoms with E-state index in [1.54, 1.807) is 4.90 Å². The third-order valence-corrected chi connectivity index (χ3v) is 6.83. The summed E-state index contributed by atoms with van der Waals surface area (Å²) < 4.78 is 6.19. The number of nitrogens with one attached hydrogen (secondary N) is 1. The maximum Gasteiger partial charge on any atom is 0.231 e. The highest BCUT2D eigenvalue weighted by molar-refractivity contribution is 5.99. The van der Waals surface area contributed by atoms with Crippen LogP contribution in [0.4, 0.5) is 0 Å². The first-order valence-electron chi connectivity index (χ1n) is 11.5. The summed E-state index contributed by atoms with van der Waals surface area (Å²) in [7, 11) is 0. The van der Waals surface area contributed by atoms with Crippen molar-refractivity contribution in [2.45, 2.75) is 89.3 Å². The van der Waals surface area contributed by atoms with E-state index in [-0.39, 0.29) is 23.5 Å². The lowest BCUT2D eigenvalue weighted by atomic mass is 9.84. The third-order valence-electron chi connectivity index (χ3n) is 6.83. The van der Waals surface area contributed by atoms with Crippen molar-refractivity contribution in [3.05, 3.63) is 29.3 Å². The molecule has 0 aliphatic carbocycles. The van der Waals surface area contributed by atoms with Crippen molar-refractivity contribution < 1.29 is 14.3 Å². The van der Waals surface area contributed by atoms with Crippen LogP contribution in [0.2, 0.25) is 0 Å². The van der Waals surface area contributed by atoms with Crippen LogP contribution in [0.3, 0.4) is 0 Å². The minimum Gasteiger partial charge on any atom is -0.487 e. The molecule has 4 aliphatic heterocycles. The van der Waals surface area contributed by atoms with Crippen LogP contribution in [-0.2, 0) is 16.0 Å². The molecule has 1 aromatic rings. The molecule has 0 fully saturated rings. The van der Waals surface area contributed by atoms with Gasteiger partial charge in [-0.2, -0.15) is 0 Å². The molecule has 1 aromatic carbocycles. The fraction of sp³-hybridized carbons (Fsp3) is 0.625. The van der Waals surface area contributed by atoms with Crippen LogP contribution in [0.1, 0.15) is 82.9 Å². The quantitative estimate of drug-likeness (QED) is 0.720. The molecule has 0 unspecified atom stereocenters. The number of carbonyl (C=O) groups is 2. The largest absolute Gasteiger partial charge is 0.487 e. The number of hydrogen-bond donors (Lipinski definition) is 2. The van der Waals surface area contributed by atoms with Gasteiger partial charge in [-0.3, -0.25) is 14.5 Å². The lowest BCUT2D eigenvalue weighted by Crippen LogP contribution is -2.51. The van der Waals surface area contributed by atoms with Gasteiger partial charge in [0.1, 0.15) is 11.4 Å². The second-order valence-electron chi connectivity index (χ2n) is 9.79. The summed E-state index contributed by atoms with van der Waals surface area (Å²) in [6.07, 6.45) is 5.39. The van der Waals surface area contributed by atoms with Crippen molar-refractivity contribution in [1.82, 2.24) is 10.2 Å². The van der Waals surface area contributed by atoms with Gasteiger partial charge in [0.15, 0.2) is 5.96 Å². The van der Waals surface area contributed by atoms with Crippen LogP contribution >= 0.6 is 0 Å². The molecule has 0 spiro atoms. The molecule has 0 saturated carbocycles. The summed E-state index contributed by atoms with van der Waals surface area (Å²) in [6.45, 7) is 6.60. The fourth-order valence-electron chi connectivity index (χ4n) is 5.09. The van der Waals surface area contributed by atoms with Crippen LogP contribution in [0, 0.1) is 0 Å². The van der Waals surface area contributed by atoms with Crippen molar-refractivity contribution in [1.29, 1.82) is 0 Å². The van der Waals surface area contributed by atoms with Crippen LogP contribution in [0.15, 0.2) is 23.2 Å². The van der Waals surface area contributed by atoms with E-state index < -0.39 is 5.54 Å². The number of amides is 2. The number of guanidine groups is 1. The van der Waals surface area contributed by atoms with E-state index in [4.69, 9.17) is 15.5 Å². The van der Waals surface area contributed by atoms with E-state index >= 15 is 0 Å². The molecule has 4 bridgehead atoms. The number of aryl methyl sites for hydroxylation is 1. The van der Waals surface area contributed by atoms with Crippen molar-refractivity contribution in [2.75, 3.05) is 6.54 Å². The SMILES string of the molecule is CC[C@@]12CCCc3ccc4c(c3)[C@H](CC(C)(C)O4)NC(=O)CCCN(C(=O)C1)C(N)=N2. The Morgan fingerprint density at radius 2 is 2.06 bits per heavy atom. The lowest BCUT2D eigenvalue weighted by molar-refractivity contribution is -0.130. The zero-order valence-electron chi connectivity index (χ0n) is 18.9. The fourth-order valence-corrected chi connectivity index (χ4v) is 5.09. The van der Waals surface area contributed by atoms with Crippen LogP contribution < -0.4 is 15.8 Å².